The van der Waals surface area contributed by atoms with Crippen LogP contribution in [-0.2, 0) is 0 Å². The lowest BCUT2D eigenvalue weighted by molar-refractivity contribution is 0.612. The average molecular weight is 166 g/mol. The van der Waals surface area contributed by atoms with Gasteiger partial charge in [-0.05, 0) is 19.3 Å². The Kier molecular flexibility index (Phi) is 10.5. The van der Waals surface area contributed by atoms with E-state index in [1.54, 1.807) is 0 Å². The molecule has 0 aromatic carbocycles. The van der Waals surface area contributed by atoms with E-state index in [9.17, 15) is 0 Å². The standard InChI is InChI=1S/C12H22/c1-3-5-7-9-11-12-10-8-6-4-2/h3,7H,1-2,4-6,8-12H2. The van der Waals surface area contributed by atoms with Crippen molar-refractivity contribution < 1.29 is 0 Å². The van der Waals surface area contributed by atoms with Crippen LogP contribution in [0.2, 0.25) is 0 Å². The van der Waals surface area contributed by atoms with Crippen LogP contribution in [0.5, 0.6) is 0 Å². The molecule has 0 nitrogen and oxygen atoms in total. The molecule has 0 unspecified atom stereocenters. The Morgan fingerprint density at radius 2 is 1.58 bits per heavy atom. The van der Waals surface area contributed by atoms with Crippen LogP contribution < -0.4 is 0 Å². The van der Waals surface area contributed by atoms with Gasteiger partial charge in [0.1, 0.15) is 0 Å². The van der Waals surface area contributed by atoms with E-state index in [4.69, 9.17) is 0 Å². The third kappa shape index (κ3) is 9.74. The fraction of sp³-hybridized carbons (Fsp3) is 0.667. The van der Waals surface area contributed by atoms with Crippen molar-refractivity contribution in [2.45, 2.75) is 51.4 Å². The van der Waals surface area contributed by atoms with E-state index in [0.29, 0.717) is 0 Å². The van der Waals surface area contributed by atoms with E-state index in [-0.39, 0.29) is 0 Å². The van der Waals surface area contributed by atoms with Gasteiger partial charge in [0.05, 0.1) is 0 Å². The van der Waals surface area contributed by atoms with Crippen LogP contribution >= 0.6 is 0 Å². The molecule has 0 atom stereocenters. The quantitative estimate of drug-likeness (QED) is 0.353. The smallest absolute Gasteiger partial charge is 0.0322 e. The van der Waals surface area contributed by atoms with E-state index in [1.807, 2.05) is 6.08 Å². The van der Waals surface area contributed by atoms with Crippen LogP contribution in [0.1, 0.15) is 51.4 Å². The zero-order chi connectivity index (χ0) is 9.07. The summed E-state index contributed by atoms with van der Waals surface area (Å²) < 4.78 is 0. The first-order valence-corrected chi connectivity index (χ1v) is 5.13. The predicted molar refractivity (Wildman–Crippen MR) is 56.8 cm³/mol. The van der Waals surface area contributed by atoms with Crippen molar-refractivity contribution >= 4 is 0 Å². The van der Waals surface area contributed by atoms with Crippen LogP contribution in [0.4, 0.5) is 0 Å². The van der Waals surface area contributed by atoms with E-state index in [0.717, 1.165) is 12.8 Å². The monoisotopic (exact) mass is 166 g/mol. The normalized spacial score (nSPS) is 10.1. The molecule has 0 rings (SSSR count). The third-order valence-electron chi connectivity index (χ3n) is 1.99. The van der Waals surface area contributed by atoms with Crippen molar-refractivity contribution in [3.05, 3.63) is 26.0 Å². The summed E-state index contributed by atoms with van der Waals surface area (Å²) in [5.41, 5.74) is 0. The maximum absolute atomic E-state index is 3.83. The lowest BCUT2D eigenvalue weighted by atomic mass is 10.1. The Morgan fingerprint density at radius 3 is 2.25 bits per heavy atom. The maximum atomic E-state index is 3.83. The van der Waals surface area contributed by atoms with Crippen molar-refractivity contribution in [3.63, 3.8) is 0 Å². The third-order valence-corrected chi connectivity index (χ3v) is 1.99. The molecule has 0 aromatic heterocycles. The van der Waals surface area contributed by atoms with Gasteiger partial charge in [-0.2, -0.15) is 0 Å². The van der Waals surface area contributed by atoms with Crippen LogP contribution in [-0.4, -0.2) is 0 Å². The number of hydrogen-bond acceptors (Lipinski definition) is 0. The number of unbranched alkanes of at least 4 members (excludes halogenated alkanes) is 8. The molecule has 0 saturated carbocycles. The van der Waals surface area contributed by atoms with Crippen LogP contribution in [0.25, 0.3) is 0 Å². The van der Waals surface area contributed by atoms with Gasteiger partial charge in [-0.1, -0.05) is 51.5 Å². The van der Waals surface area contributed by atoms with Crippen molar-refractivity contribution in [2.75, 3.05) is 0 Å². The van der Waals surface area contributed by atoms with Gasteiger partial charge in [0.2, 0.25) is 0 Å². The summed E-state index contributed by atoms with van der Waals surface area (Å²) in [6, 6.07) is 0. The summed E-state index contributed by atoms with van der Waals surface area (Å²) in [6.07, 6.45) is 14.5. The molecule has 12 heavy (non-hydrogen) atoms. The molecule has 2 radical (unpaired) electrons. The Hall–Kier alpha value is -0.260. The molecule has 0 N–H and O–H groups in total. The van der Waals surface area contributed by atoms with Gasteiger partial charge in [0.25, 0.3) is 0 Å². The minimum Gasteiger partial charge on any atom is -0.103 e. The summed E-state index contributed by atoms with van der Waals surface area (Å²) in [5, 5.41) is 0. The Labute approximate surface area is 78.1 Å². The van der Waals surface area contributed by atoms with Gasteiger partial charge in [-0.15, -0.1) is 6.58 Å². The average Bonchev–Trinajstić information content (AvgIpc) is 2.10. The van der Waals surface area contributed by atoms with Gasteiger partial charge < -0.3 is 0 Å². The zero-order valence-electron chi connectivity index (χ0n) is 8.23. The van der Waals surface area contributed by atoms with E-state index >= 15 is 0 Å². The highest BCUT2D eigenvalue weighted by Crippen LogP contribution is 2.08. The molecule has 0 amide bonds. The molecule has 0 bridgehead atoms. The summed E-state index contributed by atoms with van der Waals surface area (Å²) in [7, 11) is 0. The summed E-state index contributed by atoms with van der Waals surface area (Å²) >= 11 is 0. The first-order chi connectivity index (χ1) is 5.91. The summed E-state index contributed by atoms with van der Waals surface area (Å²) in [6.45, 7) is 7.51. The Balaban J connectivity index is 2.77. The largest absolute Gasteiger partial charge is 0.103 e. The van der Waals surface area contributed by atoms with Gasteiger partial charge in [0, 0.05) is 0 Å². The summed E-state index contributed by atoms with van der Waals surface area (Å²) in [5.74, 6) is 0. The first kappa shape index (κ1) is 11.7. The molecule has 70 valence electrons. The lowest BCUT2D eigenvalue weighted by Gasteiger charge is -1.99. The lowest BCUT2D eigenvalue weighted by Crippen LogP contribution is -1.80. The van der Waals surface area contributed by atoms with Gasteiger partial charge in [-0.3, -0.25) is 0 Å². The minimum absolute atomic E-state index is 1.07. The minimum atomic E-state index is 1.07. The molecular formula is C12H22. The molecular weight excluding hydrogens is 144 g/mol. The second kappa shape index (κ2) is 10.7. The number of hydrogen-bond donors (Lipinski definition) is 0. The van der Waals surface area contributed by atoms with Crippen molar-refractivity contribution in [1.29, 1.82) is 0 Å². The van der Waals surface area contributed by atoms with Gasteiger partial charge in [0.15, 0.2) is 0 Å². The number of rotatable bonds is 9. The Bertz CT molecular complexity index is 84.0. The molecule has 0 aliphatic heterocycles. The van der Waals surface area contributed by atoms with E-state index < -0.39 is 0 Å². The fourth-order valence-corrected chi connectivity index (χ4v) is 1.23. The molecule has 0 heteroatoms. The zero-order valence-corrected chi connectivity index (χ0v) is 8.23. The van der Waals surface area contributed by atoms with Crippen molar-refractivity contribution in [2.24, 2.45) is 0 Å². The maximum Gasteiger partial charge on any atom is -0.0322 e. The van der Waals surface area contributed by atoms with Gasteiger partial charge in [-0.25, -0.2) is 0 Å². The molecule has 0 heterocycles. The summed E-state index contributed by atoms with van der Waals surface area (Å²) in [4.78, 5) is 0. The van der Waals surface area contributed by atoms with Crippen molar-refractivity contribution in [1.82, 2.24) is 0 Å². The van der Waals surface area contributed by atoms with Crippen LogP contribution in [0.15, 0.2) is 12.7 Å². The van der Waals surface area contributed by atoms with Crippen LogP contribution in [0.3, 0.4) is 0 Å². The molecule has 0 saturated heterocycles. The molecule has 0 aromatic rings. The molecule has 0 aliphatic carbocycles. The Morgan fingerprint density at radius 1 is 0.917 bits per heavy atom. The second-order valence-electron chi connectivity index (χ2n) is 3.22. The van der Waals surface area contributed by atoms with E-state index in [2.05, 4.69) is 19.9 Å². The second-order valence-corrected chi connectivity index (χ2v) is 3.22. The van der Waals surface area contributed by atoms with E-state index in [1.165, 1.54) is 38.5 Å². The molecule has 0 aliphatic rings. The first-order valence-electron chi connectivity index (χ1n) is 5.13. The van der Waals surface area contributed by atoms with Gasteiger partial charge >= 0.3 is 0 Å². The van der Waals surface area contributed by atoms with Crippen molar-refractivity contribution in [3.8, 4) is 0 Å². The topological polar surface area (TPSA) is 0 Å². The highest BCUT2D eigenvalue weighted by atomic mass is 14.0. The number of allylic oxidation sites excluding steroid dienone is 1. The molecule has 0 spiro atoms. The highest BCUT2D eigenvalue weighted by Gasteiger charge is 1.89. The SMILES string of the molecule is [CH2]CCCCCCC[CH]CC=C. The molecule has 0 fully saturated rings. The predicted octanol–water partition coefficient (Wildman–Crippen LogP) is 4.33. The highest BCUT2D eigenvalue weighted by molar-refractivity contribution is 4.77. The van der Waals surface area contributed by atoms with Crippen LogP contribution in [0, 0.1) is 13.3 Å². The fourth-order valence-electron chi connectivity index (χ4n) is 1.23.